The van der Waals surface area contributed by atoms with E-state index in [9.17, 15) is 0 Å². The summed E-state index contributed by atoms with van der Waals surface area (Å²) in [4.78, 5) is 0. The van der Waals surface area contributed by atoms with Crippen molar-refractivity contribution in [2.75, 3.05) is 5.75 Å². The maximum absolute atomic E-state index is 8.02. The summed E-state index contributed by atoms with van der Waals surface area (Å²) >= 11 is 1.49. The zero-order valence-corrected chi connectivity index (χ0v) is 5.82. The van der Waals surface area contributed by atoms with Crippen molar-refractivity contribution >= 4 is 11.9 Å². The molecular weight excluding hydrogens is 132 g/mol. The second-order valence-electron chi connectivity index (χ2n) is 1.18. The van der Waals surface area contributed by atoms with Crippen LogP contribution in [0.2, 0.25) is 0 Å². The van der Waals surface area contributed by atoms with Crippen LogP contribution in [0.4, 0.5) is 0 Å². The van der Waals surface area contributed by atoms with Crippen LogP contribution in [0.15, 0.2) is 24.9 Å². The molecule has 0 aromatic rings. The van der Waals surface area contributed by atoms with E-state index >= 15 is 0 Å². The van der Waals surface area contributed by atoms with E-state index in [1.165, 1.54) is 18.0 Å². The lowest BCUT2D eigenvalue weighted by atomic mass is 10.7. The highest BCUT2D eigenvalue weighted by molar-refractivity contribution is 7.97. The number of allylic oxidation sites excluding steroid dienone is 1. The number of rotatable bonds is 4. The van der Waals surface area contributed by atoms with Gasteiger partial charge in [0.05, 0.1) is 6.07 Å². The molecule has 0 bridgehead atoms. The molecule has 1 N–H and O–H groups in total. The van der Waals surface area contributed by atoms with Gasteiger partial charge >= 0.3 is 0 Å². The quantitative estimate of drug-likeness (QED) is 0.278. The Bertz CT molecular complexity index is 134. The van der Waals surface area contributed by atoms with Crippen LogP contribution in [-0.2, 0) is 0 Å². The number of nitrogens with zero attached hydrogens (tertiary/aromatic N) is 1. The van der Waals surface area contributed by atoms with Crippen LogP contribution in [0.3, 0.4) is 0 Å². The van der Waals surface area contributed by atoms with E-state index in [0.29, 0.717) is 0 Å². The summed E-state index contributed by atoms with van der Waals surface area (Å²) in [5.41, 5.74) is 0. The van der Waals surface area contributed by atoms with E-state index in [4.69, 9.17) is 5.26 Å². The Morgan fingerprint density at radius 3 is 3.11 bits per heavy atom. The fourth-order valence-corrected chi connectivity index (χ4v) is 0.605. The van der Waals surface area contributed by atoms with Gasteiger partial charge in [0.2, 0.25) is 0 Å². The van der Waals surface area contributed by atoms with Gasteiger partial charge < -0.3 is 4.72 Å². The van der Waals surface area contributed by atoms with Crippen molar-refractivity contribution in [2.45, 2.75) is 0 Å². The first-order valence-electron chi connectivity index (χ1n) is 2.44. The van der Waals surface area contributed by atoms with Crippen molar-refractivity contribution < 1.29 is 0 Å². The predicted octanol–water partition coefficient (Wildman–Crippen LogP) is 1.45. The maximum Gasteiger partial charge on any atom is 0.0927 e. The van der Waals surface area contributed by atoms with E-state index in [2.05, 4.69) is 11.3 Å². The molecular formula is C6H8N2S. The summed E-state index contributed by atoms with van der Waals surface area (Å²) in [6.45, 7) is 3.53. The van der Waals surface area contributed by atoms with E-state index in [1.807, 2.05) is 6.07 Å². The molecule has 0 aliphatic rings. The van der Waals surface area contributed by atoms with Crippen LogP contribution < -0.4 is 4.72 Å². The molecule has 0 rings (SSSR count). The summed E-state index contributed by atoms with van der Waals surface area (Å²) in [6, 6.07) is 1.86. The van der Waals surface area contributed by atoms with Crippen molar-refractivity contribution in [1.29, 1.82) is 5.26 Å². The molecule has 0 saturated heterocycles. The highest BCUT2D eigenvalue weighted by Gasteiger charge is 1.73. The van der Waals surface area contributed by atoms with Crippen LogP contribution in [0.1, 0.15) is 0 Å². The van der Waals surface area contributed by atoms with Crippen LogP contribution in [0, 0.1) is 11.3 Å². The lowest BCUT2D eigenvalue weighted by Gasteiger charge is -1.90. The average Bonchev–Trinajstić information content (AvgIpc) is 1.89. The first kappa shape index (κ1) is 8.12. The zero-order chi connectivity index (χ0) is 6.95. The summed E-state index contributed by atoms with van der Waals surface area (Å²) in [7, 11) is 0. The van der Waals surface area contributed by atoms with Gasteiger partial charge in [0, 0.05) is 18.0 Å². The van der Waals surface area contributed by atoms with Gasteiger partial charge in [-0.1, -0.05) is 6.08 Å². The molecule has 0 spiro atoms. The number of hydrogen-bond donors (Lipinski definition) is 1. The van der Waals surface area contributed by atoms with E-state index in [0.717, 1.165) is 5.75 Å². The van der Waals surface area contributed by atoms with Gasteiger partial charge in [-0.2, -0.15) is 5.26 Å². The van der Waals surface area contributed by atoms with E-state index in [-0.39, 0.29) is 0 Å². The summed E-state index contributed by atoms with van der Waals surface area (Å²) < 4.78 is 2.83. The highest BCUT2D eigenvalue weighted by atomic mass is 32.2. The van der Waals surface area contributed by atoms with Crippen LogP contribution in [0.5, 0.6) is 0 Å². The molecule has 0 saturated carbocycles. The van der Waals surface area contributed by atoms with Crippen LogP contribution in [-0.4, -0.2) is 5.75 Å². The minimum atomic E-state index is 0.843. The largest absolute Gasteiger partial charge is 0.336 e. The zero-order valence-electron chi connectivity index (χ0n) is 5.00. The number of nitrogens with one attached hydrogen (secondary N) is 1. The fourth-order valence-electron chi connectivity index (χ4n) is 0.226. The van der Waals surface area contributed by atoms with Gasteiger partial charge in [-0.25, -0.2) is 0 Å². The molecule has 0 aliphatic heterocycles. The first-order valence-corrected chi connectivity index (χ1v) is 3.43. The van der Waals surface area contributed by atoms with Crippen molar-refractivity contribution in [3.05, 3.63) is 24.9 Å². The van der Waals surface area contributed by atoms with Crippen LogP contribution in [0.25, 0.3) is 0 Å². The summed E-state index contributed by atoms with van der Waals surface area (Å²) in [5.74, 6) is 0.843. The first-order chi connectivity index (χ1) is 4.41. The Morgan fingerprint density at radius 1 is 1.78 bits per heavy atom. The van der Waals surface area contributed by atoms with Gasteiger partial charge in [-0.15, -0.1) is 6.58 Å². The molecule has 0 unspecified atom stereocenters. The standard InChI is InChI=1S/C6H8N2S/c1-2-6-9-8-5-3-4-7/h2-3,5,8H,1,6H2. The van der Waals surface area contributed by atoms with E-state index in [1.54, 1.807) is 12.3 Å². The third-order valence-corrected chi connectivity index (χ3v) is 1.22. The molecule has 3 heteroatoms. The average molecular weight is 140 g/mol. The van der Waals surface area contributed by atoms with Gasteiger partial charge in [-0.3, -0.25) is 0 Å². The summed E-state index contributed by atoms with van der Waals surface area (Å²) in [6.07, 6.45) is 4.77. The minimum absolute atomic E-state index is 0.843. The molecule has 0 aromatic carbocycles. The second kappa shape index (κ2) is 7.12. The van der Waals surface area contributed by atoms with Crippen molar-refractivity contribution in [3.63, 3.8) is 0 Å². The number of nitriles is 1. The van der Waals surface area contributed by atoms with Gasteiger partial charge in [0.1, 0.15) is 0 Å². The summed E-state index contributed by atoms with van der Waals surface area (Å²) in [5, 5.41) is 8.02. The smallest absolute Gasteiger partial charge is 0.0927 e. The van der Waals surface area contributed by atoms with Gasteiger partial charge in [0.25, 0.3) is 0 Å². The third-order valence-electron chi connectivity index (χ3n) is 0.510. The molecule has 0 aromatic heterocycles. The van der Waals surface area contributed by atoms with E-state index < -0.39 is 0 Å². The Labute approximate surface area is 59.4 Å². The molecule has 0 heterocycles. The molecule has 9 heavy (non-hydrogen) atoms. The monoisotopic (exact) mass is 140 g/mol. The van der Waals surface area contributed by atoms with Gasteiger partial charge in [0.15, 0.2) is 0 Å². The Balaban J connectivity index is 3.01. The molecule has 48 valence electrons. The molecule has 2 nitrogen and oxygen atoms in total. The highest BCUT2D eigenvalue weighted by Crippen LogP contribution is 1.90. The fraction of sp³-hybridized carbons (Fsp3) is 0.167. The molecule has 0 atom stereocenters. The normalized spacial score (nSPS) is 8.78. The maximum atomic E-state index is 8.02. The Morgan fingerprint density at radius 2 is 2.56 bits per heavy atom. The molecule has 0 amide bonds. The Kier molecular flexibility index (Phi) is 6.42. The van der Waals surface area contributed by atoms with Crippen LogP contribution >= 0.6 is 11.9 Å². The predicted molar refractivity (Wildman–Crippen MR) is 40.5 cm³/mol. The topological polar surface area (TPSA) is 35.8 Å². The lowest BCUT2D eigenvalue weighted by Crippen LogP contribution is -1.89. The minimum Gasteiger partial charge on any atom is -0.336 e. The van der Waals surface area contributed by atoms with Crippen molar-refractivity contribution in [2.24, 2.45) is 0 Å². The van der Waals surface area contributed by atoms with Crippen molar-refractivity contribution in [1.82, 2.24) is 4.72 Å². The van der Waals surface area contributed by atoms with Gasteiger partial charge in [-0.05, 0) is 11.9 Å². The van der Waals surface area contributed by atoms with Crippen molar-refractivity contribution in [3.8, 4) is 6.07 Å². The second-order valence-corrected chi connectivity index (χ2v) is 2.04. The molecule has 0 aliphatic carbocycles. The molecule has 0 fully saturated rings. The Hall–Kier alpha value is -0.880. The SMILES string of the molecule is C=CCSNC=CC#N. The number of hydrogen-bond acceptors (Lipinski definition) is 3. The third kappa shape index (κ3) is 7.12. The molecule has 0 radical (unpaired) electrons. The lowest BCUT2D eigenvalue weighted by molar-refractivity contribution is 1.40.